The lowest BCUT2D eigenvalue weighted by atomic mass is 9.94. The van der Waals surface area contributed by atoms with Gasteiger partial charge >= 0.3 is 0 Å². The molecule has 0 spiro atoms. The molecule has 84 valence electrons. The Morgan fingerprint density at radius 1 is 1.43 bits per heavy atom. The molecule has 0 aliphatic carbocycles. The van der Waals surface area contributed by atoms with Crippen molar-refractivity contribution in [1.29, 1.82) is 0 Å². The SMILES string of the molecule is CNCCC1CCCN(CC(C)C)C1. The third-order valence-electron chi connectivity index (χ3n) is 3.03. The average molecular weight is 198 g/mol. The van der Waals surface area contributed by atoms with Gasteiger partial charge in [-0.2, -0.15) is 0 Å². The van der Waals surface area contributed by atoms with Gasteiger partial charge in [0.25, 0.3) is 0 Å². The smallest absolute Gasteiger partial charge is 0.00103 e. The van der Waals surface area contributed by atoms with Gasteiger partial charge in [0.1, 0.15) is 0 Å². The van der Waals surface area contributed by atoms with Gasteiger partial charge in [0.2, 0.25) is 0 Å². The molecule has 1 heterocycles. The van der Waals surface area contributed by atoms with Gasteiger partial charge in [-0.1, -0.05) is 13.8 Å². The maximum Gasteiger partial charge on any atom is 0.00103 e. The van der Waals surface area contributed by atoms with E-state index in [9.17, 15) is 0 Å². The van der Waals surface area contributed by atoms with Crippen LogP contribution >= 0.6 is 0 Å². The summed E-state index contributed by atoms with van der Waals surface area (Å²) in [6, 6.07) is 0. The van der Waals surface area contributed by atoms with Crippen molar-refractivity contribution in [2.75, 3.05) is 33.2 Å². The van der Waals surface area contributed by atoms with Gasteiger partial charge in [0.05, 0.1) is 0 Å². The number of nitrogens with zero attached hydrogens (tertiary/aromatic N) is 1. The Morgan fingerprint density at radius 2 is 2.21 bits per heavy atom. The summed E-state index contributed by atoms with van der Waals surface area (Å²) in [4.78, 5) is 2.65. The van der Waals surface area contributed by atoms with Gasteiger partial charge in [-0.25, -0.2) is 0 Å². The molecule has 0 aromatic carbocycles. The van der Waals surface area contributed by atoms with E-state index in [2.05, 4.69) is 31.1 Å². The van der Waals surface area contributed by atoms with Crippen LogP contribution in [-0.4, -0.2) is 38.1 Å². The fourth-order valence-electron chi connectivity index (χ4n) is 2.42. The Hall–Kier alpha value is -0.0800. The Bertz CT molecular complexity index is 145. The molecule has 1 atom stereocenters. The van der Waals surface area contributed by atoms with Crippen LogP contribution < -0.4 is 5.32 Å². The van der Waals surface area contributed by atoms with Crippen molar-refractivity contribution in [3.63, 3.8) is 0 Å². The molecule has 0 saturated carbocycles. The molecule has 1 aliphatic rings. The lowest BCUT2D eigenvalue weighted by Gasteiger charge is -2.33. The lowest BCUT2D eigenvalue weighted by Crippen LogP contribution is -2.38. The monoisotopic (exact) mass is 198 g/mol. The first-order chi connectivity index (χ1) is 6.72. The van der Waals surface area contributed by atoms with Gasteiger partial charge in [-0.05, 0) is 51.2 Å². The zero-order valence-electron chi connectivity index (χ0n) is 10.1. The zero-order chi connectivity index (χ0) is 10.4. The lowest BCUT2D eigenvalue weighted by molar-refractivity contribution is 0.153. The summed E-state index contributed by atoms with van der Waals surface area (Å²) in [5, 5.41) is 3.25. The second-order valence-corrected chi connectivity index (χ2v) is 5.05. The molecular formula is C12H26N2. The quantitative estimate of drug-likeness (QED) is 0.726. The zero-order valence-corrected chi connectivity index (χ0v) is 10.1. The highest BCUT2D eigenvalue weighted by Crippen LogP contribution is 2.19. The number of nitrogens with one attached hydrogen (secondary N) is 1. The molecule has 1 N–H and O–H groups in total. The van der Waals surface area contributed by atoms with E-state index in [1.54, 1.807) is 0 Å². The van der Waals surface area contributed by atoms with Gasteiger partial charge in [0, 0.05) is 13.1 Å². The van der Waals surface area contributed by atoms with E-state index in [1.807, 2.05) is 0 Å². The van der Waals surface area contributed by atoms with E-state index in [0.29, 0.717) is 0 Å². The van der Waals surface area contributed by atoms with Crippen LogP contribution in [0.2, 0.25) is 0 Å². The topological polar surface area (TPSA) is 15.3 Å². The Balaban J connectivity index is 2.21. The largest absolute Gasteiger partial charge is 0.320 e. The van der Waals surface area contributed by atoms with Crippen molar-refractivity contribution >= 4 is 0 Å². The summed E-state index contributed by atoms with van der Waals surface area (Å²) in [6.07, 6.45) is 4.20. The van der Waals surface area contributed by atoms with Crippen LogP contribution in [0.25, 0.3) is 0 Å². The summed E-state index contributed by atoms with van der Waals surface area (Å²) >= 11 is 0. The second-order valence-electron chi connectivity index (χ2n) is 5.05. The van der Waals surface area contributed by atoms with E-state index in [0.717, 1.165) is 11.8 Å². The maximum atomic E-state index is 3.25. The van der Waals surface area contributed by atoms with Gasteiger partial charge in [-0.15, -0.1) is 0 Å². The highest BCUT2D eigenvalue weighted by atomic mass is 15.1. The van der Waals surface area contributed by atoms with Crippen LogP contribution in [-0.2, 0) is 0 Å². The molecular weight excluding hydrogens is 172 g/mol. The number of rotatable bonds is 5. The summed E-state index contributed by atoms with van der Waals surface area (Å²) < 4.78 is 0. The fourth-order valence-corrected chi connectivity index (χ4v) is 2.42. The molecule has 0 radical (unpaired) electrons. The van der Waals surface area contributed by atoms with Crippen LogP contribution in [0.3, 0.4) is 0 Å². The van der Waals surface area contributed by atoms with E-state index in [4.69, 9.17) is 0 Å². The van der Waals surface area contributed by atoms with Crippen LogP contribution in [0.4, 0.5) is 0 Å². The molecule has 1 rings (SSSR count). The number of likely N-dealkylation sites (tertiary alicyclic amines) is 1. The molecule has 14 heavy (non-hydrogen) atoms. The highest BCUT2D eigenvalue weighted by molar-refractivity contribution is 4.74. The predicted octanol–water partition coefficient (Wildman–Crippen LogP) is 1.96. The molecule has 0 amide bonds. The third kappa shape index (κ3) is 4.43. The van der Waals surface area contributed by atoms with Crippen molar-refractivity contribution in [2.24, 2.45) is 11.8 Å². The van der Waals surface area contributed by atoms with Crippen molar-refractivity contribution < 1.29 is 0 Å². The van der Waals surface area contributed by atoms with Crippen molar-refractivity contribution in [2.45, 2.75) is 33.1 Å². The van der Waals surface area contributed by atoms with E-state index < -0.39 is 0 Å². The Kier molecular flexibility index (Phi) is 5.49. The van der Waals surface area contributed by atoms with E-state index in [-0.39, 0.29) is 0 Å². The van der Waals surface area contributed by atoms with Gasteiger partial charge in [-0.3, -0.25) is 0 Å². The normalized spacial score (nSPS) is 24.4. The fraction of sp³-hybridized carbons (Fsp3) is 1.00. The van der Waals surface area contributed by atoms with Crippen molar-refractivity contribution in [3.8, 4) is 0 Å². The molecule has 0 aromatic rings. The Labute approximate surface area is 89.1 Å². The van der Waals surface area contributed by atoms with E-state index >= 15 is 0 Å². The second kappa shape index (κ2) is 6.41. The molecule has 1 aliphatic heterocycles. The molecule has 0 aromatic heterocycles. The molecule has 1 fully saturated rings. The minimum Gasteiger partial charge on any atom is -0.320 e. The van der Waals surface area contributed by atoms with Gasteiger partial charge < -0.3 is 10.2 Å². The molecule has 2 nitrogen and oxygen atoms in total. The first-order valence-electron chi connectivity index (χ1n) is 6.09. The summed E-state index contributed by atoms with van der Waals surface area (Å²) in [7, 11) is 2.05. The molecule has 1 saturated heterocycles. The first kappa shape index (κ1) is 12.0. The van der Waals surface area contributed by atoms with Gasteiger partial charge in [0.15, 0.2) is 0 Å². The minimum absolute atomic E-state index is 0.818. The summed E-state index contributed by atoms with van der Waals surface area (Å²) in [6.45, 7) is 9.76. The van der Waals surface area contributed by atoms with Crippen LogP contribution in [0.1, 0.15) is 33.1 Å². The first-order valence-corrected chi connectivity index (χ1v) is 6.09. The number of hydrogen-bond acceptors (Lipinski definition) is 2. The average Bonchev–Trinajstić information content (AvgIpc) is 2.14. The van der Waals surface area contributed by atoms with Crippen LogP contribution in [0, 0.1) is 11.8 Å². The van der Waals surface area contributed by atoms with Crippen LogP contribution in [0.5, 0.6) is 0 Å². The summed E-state index contributed by atoms with van der Waals surface area (Å²) in [5.41, 5.74) is 0. The maximum absolute atomic E-state index is 3.25. The molecule has 0 bridgehead atoms. The van der Waals surface area contributed by atoms with Crippen molar-refractivity contribution in [1.82, 2.24) is 10.2 Å². The molecule has 2 heteroatoms. The van der Waals surface area contributed by atoms with Crippen molar-refractivity contribution in [3.05, 3.63) is 0 Å². The number of hydrogen-bond donors (Lipinski definition) is 1. The predicted molar refractivity (Wildman–Crippen MR) is 62.5 cm³/mol. The van der Waals surface area contributed by atoms with Crippen LogP contribution in [0.15, 0.2) is 0 Å². The highest BCUT2D eigenvalue weighted by Gasteiger charge is 2.19. The van der Waals surface area contributed by atoms with E-state index in [1.165, 1.54) is 45.4 Å². The molecule has 1 unspecified atom stereocenters. The standard InChI is InChI=1S/C12H26N2/c1-11(2)9-14-8-4-5-12(10-14)6-7-13-3/h11-13H,4-10H2,1-3H3. The third-order valence-corrected chi connectivity index (χ3v) is 3.03. The summed E-state index contributed by atoms with van der Waals surface area (Å²) in [5.74, 6) is 1.76. The minimum atomic E-state index is 0.818. The Morgan fingerprint density at radius 3 is 2.86 bits per heavy atom. The number of piperidine rings is 1.